The van der Waals surface area contributed by atoms with Crippen LogP contribution in [-0.2, 0) is 21.4 Å². The standard InChI is InChI=1S/C20H27F3N2O2S/c1-3-5-10-25-19(24-4-2)18(17-13-26-11-12-27-17)28-14-15-8-6-7-9-16(15)20(21,22)23/h6-9H,3-5,10-14H2,1-2H3,(H,24,25)/b18-17+. The lowest BCUT2D eigenvalue weighted by atomic mass is 10.1. The van der Waals surface area contributed by atoms with E-state index >= 15 is 0 Å². The molecule has 0 spiro atoms. The molecule has 0 unspecified atom stereocenters. The van der Waals surface area contributed by atoms with Crippen LogP contribution in [0.25, 0.3) is 0 Å². The van der Waals surface area contributed by atoms with Gasteiger partial charge in [-0.2, -0.15) is 13.2 Å². The topological polar surface area (TPSA) is 42.9 Å². The summed E-state index contributed by atoms with van der Waals surface area (Å²) in [5.41, 5.74) is -0.375. The molecule has 28 heavy (non-hydrogen) atoms. The van der Waals surface area contributed by atoms with Gasteiger partial charge in [-0.3, -0.25) is 4.99 Å². The Morgan fingerprint density at radius 1 is 1.21 bits per heavy atom. The summed E-state index contributed by atoms with van der Waals surface area (Å²) in [5.74, 6) is 1.44. The van der Waals surface area contributed by atoms with E-state index in [2.05, 4.69) is 17.2 Å². The summed E-state index contributed by atoms with van der Waals surface area (Å²) in [4.78, 5) is 5.35. The highest BCUT2D eigenvalue weighted by Crippen LogP contribution is 2.35. The van der Waals surface area contributed by atoms with Gasteiger partial charge in [0.15, 0.2) is 0 Å². The second-order valence-electron chi connectivity index (χ2n) is 6.21. The number of thioether (sulfide) groups is 1. The number of amidine groups is 1. The second-order valence-corrected chi connectivity index (χ2v) is 7.20. The molecule has 1 N–H and O–H groups in total. The molecule has 0 saturated carbocycles. The van der Waals surface area contributed by atoms with Crippen molar-refractivity contribution in [2.75, 3.05) is 32.9 Å². The van der Waals surface area contributed by atoms with Gasteiger partial charge in [-0.25, -0.2) is 0 Å². The smallest absolute Gasteiger partial charge is 0.416 e. The van der Waals surface area contributed by atoms with E-state index in [1.807, 2.05) is 6.92 Å². The number of unbranched alkanes of at least 4 members (excludes halogenated alkanes) is 1. The zero-order valence-corrected chi connectivity index (χ0v) is 17.1. The minimum Gasteiger partial charge on any atom is -0.492 e. The Labute approximate surface area is 168 Å². The Morgan fingerprint density at radius 2 is 2.00 bits per heavy atom. The van der Waals surface area contributed by atoms with Gasteiger partial charge in [0.1, 0.15) is 24.8 Å². The van der Waals surface area contributed by atoms with Crippen LogP contribution in [0.3, 0.4) is 0 Å². The number of nitrogens with zero attached hydrogens (tertiary/aromatic N) is 1. The van der Waals surface area contributed by atoms with Crippen molar-refractivity contribution in [2.45, 2.75) is 38.6 Å². The molecule has 0 aliphatic carbocycles. The summed E-state index contributed by atoms with van der Waals surface area (Å²) in [7, 11) is 0. The molecular weight excluding hydrogens is 389 g/mol. The first-order chi connectivity index (χ1) is 13.5. The van der Waals surface area contributed by atoms with Crippen molar-refractivity contribution in [3.05, 3.63) is 46.1 Å². The number of ether oxygens (including phenoxy) is 2. The first kappa shape index (κ1) is 22.6. The van der Waals surface area contributed by atoms with E-state index in [0.717, 1.165) is 23.8 Å². The maximum atomic E-state index is 13.3. The van der Waals surface area contributed by atoms with E-state index in [-0.39, 0.29) is 11.3 Å². The normalized spacial score (nSPS) is 17.2. The molecule has 0 aromatic heterocycles. The van der Waals surface area contributed by atoms with E-state index < -0.39 is 11.7 Å². The number of likely N-dealkylation sites (N-methyl/N-ethyl adjacent to an activating group) is 1. The van der Waals surface area contributed by atoms with E-state index in [4.69, 9.17) is 9.47 Å². The molecule has 156 valence electrons. The molecule has 4 nitrogen and oxygen atoms in total. The van der Waals surface area contributed by atoms with Gasteiger partial charge in [-0.05, 0) is 25.0 Å². The van der Waals surface area contributed by atoms with Gasteiger partial charge in [0.25, 0.3) is 0 Å². The number of rotatable bonds is 8. The van der Waals surface area contributed by atoms with Crippen LogP contribution in [0, 0.1) is 0 Å². The number of nitrogens with one attached hydrogen (secondary N) is 1. The highest BCUT2D eigenvalue weighted by molar-refractivity contribution is 8.03. The van der Waals surface area contributed by atoms with Crippen molar-refractivity contribution in [3.8, 4) is 0 Å². The predicted octanol–water partition coefficient (Wildman–Crippen LogP) is 5.01. The summed E-state index contributed by atoms with van der Waals surface area (Å²) in [6.07, 6.45) is -2.43. The third kappa shape index (κ3) is 6.74. The zero-order chi connectivity index (χ0) is 20.4. The molecule has 8 heteroatoms. The molecule has 2 rings (SSSR count). The third-order valence-electron chi connectivity index (χ3n) is 4.03. The fourth-order valence-corrected chi connectivity index (χ4v) is 3.74. The van der Waals surface area contributed by atoms with Crippen molar-refractivity contribution in [2.24, 2.45) is 4.99 Å². The Hall–Kier alpha value is -1.67. The molecule has 0 atom stereocenters. The van der Waals surface area contributed by atoms with Gasteiger partial charge in [0, 0.05) is 18.8 Å². The van der Waals surface area contributed by atoms with Crippen LogP contribution in [0.15, 0.2) is 39.9 Å². The monoisotopic (exact) mass is 416 g/mol. The molecule has 0 amide bonds. The highest BCUT2D eigenvalue weighted by atomic mass is 32.2. The van der Waals surface area contributed by atoms with Crippen molar-refractivity contribution in [3.63, 3.8) is 0 Å². The number of alkyl halides is 3. The van der Waals surface area contributed by atoms with Crippen molar-refractivity contribution in [1.82, 2.24) is 5.32 Å². The fraction of sp³-hybridized carbons (Fsp3) is 0.550. The van der Waals surface area contributed by atoms with Crippen LogP contribution in [0.5, 0.6) is 0 Å². The first-order valence-electron chi connectivity index (χ1n) is 9.47. The molecule has 1 aliphatic heterocycles. The van der Waals surface area contributed by atoms with Crippen LogP contribution in [0.1, 0.15) is 37.8 Å². The minimum atomic E-state index is -4.38. The van der Waals surface area contributed by atoms with Gasteiger partial charge < -0.3 is 14.8 Å². The average Bonchev–Trinajstić information content (AvgIpc) is 2.68. The largest absolute Gasteiger partial charge is 0.492 e. The van der Waals surface area contributed by atoms with Gasteiger partial charge in [-0.15, -0.1) is 11.8 Å². The first-order valence-corrected chi connectivity index (χ1v) is 10.5. The fourth-order valence-electron chi connectivity index (χ4n) is 2.64. The van der Waals surface area contributed by atoms with E-state index in [1.165, 1.54) is 23.9 Å². The predicted molar refractivity (Wildman–Crippen MR) is 107 cm³/mol. The average molecular weight is 417 g/mol. The second kappa shape index (κ2) is 11.4. The Kier molecular flexibility index (Phi) is 9.18. The summed E-state index contributed by atoms with van der Waals surface area (Å²) in [5, 5.41) is 3.23. The molecule has 1 saturated heterocycles. The minimum absolute atomic E-state index is 0.163. The number of halogens is 3. The molecule has 0 radical (unpaired) electrons. The van der Waals surface area contributed by atoms with E-state index in [0.29, 0.717) is 44.5 Å². The van der Waals surface area contributed by atoms with Crippen LogP contribution < -0.4 is 5.32 Å². The van der Waals surface area contributed by atoms with Crippen LogP contribution >= 0.6 is 11.8 Å². The molecule has 1 aliphatic rings. The maximum Gasteiger partial charge on any atom is 0.416 e. The van der Waals surface area contributed by atoms with Gasteiger partial charge >= 0.3 is 6.18 Å². The summed E-state index contributed by atoms with van der Waals surface area (Å²) < 4.78 is 51.2. The summed E-state index contributed by atoms with van der Waals surface area (Å²) in [6, 6.07) is 5.66. The third-order valence-corrected chi connectivity index (χ3v) is 5.19. The SMILES string of the molecule is CCCCN=C(NCC)/C(SCc1ccccc1C(F)(F)F)=C1/COCCO1. The molecule has 1 heterocycles. The maximum absolute atomic E-state index is 13.3. The van der Waals surface area contributed by atoms with Crippen molar-refractivity contribution < 1.29 is 22.6 Å². The van der Waals surface area contributed by atoms with Crippen molar-refractivity contribution >= 4 is 17.6 Å². The number of hydrogen-bond donors (Lipinski definition) is 1. The van der Waals surface area contributed by atoms with E-state index in [1.54, 1.807) is 6.07 Å². The molecule has 1 fully saturated rings. The molecule has 1 aromatic carbocycles. The Bertz CT molecular complexity index is 682. The van der Waals surface area contributed by atoms with Crippen LogP contribution in [0.2, 0.25) is 0 Å². The number of aliphatic imine (C=N–C) groups is 1. The van der Waals surface area contributed by atoms with Crippen LogP contribution in [-0.4, -0.2) is 38.7 Å². The van der Waals surface area contributed by atoms with Crippen LogP contribution in [0.4, 0.5) is 13.2 Å². The zero-order valence-electron chi connectivity index (χ0n) is 16.3. The van der Waals surface area contributed by atoms with E-state index in [9.17, 15) is 13.2 Å². The molecule has 0 bridgehead atoms. The van der Waals surface area contributed by atoms with Crippen molar-refractivity contribution in [1.29, 1.82) is 0 Å². The highest BCUT2D eigenvalue weighted by Gasteiger charge is 2.33. The van der Waals surface area contributed by atoms with Gasteiger partial charge in [-0.1, -0.05) is 31.5 Å². The van der Waals surface area contributed by atoms with Gasteiger partial charge in [0.2, 0.25) is 0 Å². The summed E-state index contributed by atoms with van der Waals surface area (Å²) >= 11 is 1.30. The molecular formula is C20H27F3N2O2S. The van der Waals surface area contributed by atoms with Gasteiger partial charge in [0.05, 0.1) is 17.1 Å². The lowest BCUT2D eigenvalue weighted by molar-refractivity contribution is -0.138. The number of benzene rings is 1. The lowest BCUT2D eigenvalue weighted by Crippen LogP contribution is -2.28. The quantitative estimate of drug-likeness (QED) is 0.368. The summed E-state index contributed by atoms with van der Waals surface area (Å²) in [6.45, 7) is 6.57. The lowest BCUT2D eigenvalue weighted by Gasteiger charge is -2.22. The number of hydrogen-bond acceptors (Lipinski definition) is 4. The Morgan fingerprint density at radius 3 is 2.64 bits per heavy atom. The molecule has 1 aromatic rings. The Balaban J connectivity index is 2.30.